The van der Waals surface area contributed by atoms with Gasteiger partial charge in [-0.3, -0.25) is 4.79 Å². The maximum atomic E-state index is 12.5. The van der Waals surface area contributed by atoms with Crippen molar-refractivity contribution in [3.05, 3.63) is 69.9 Å². The number of urea groups is 1. The standard InChI is InChI=1S/C18H17ClN4O2/c1-11(15-10-21-17(24)14-6-4-3-5-13(14)15)23(2)18(25)22-12-7-8-20-16(19)9-12/h3-11H,1-2H3,(H,21,24)(H,20,22,25)/t11-/m1/s1. The fraction of sp³-hybridized carbons (Fsp3) is 0.167. The van der Waals surface area contributed by atoms with Crippen LogP contribution in [0.5, 0.6) is 0 Å². The number of fused-ring (bicyclic) bond motifs is 1. The molecule has 6 nitrogen and oxygen atoms in total. The minimum atomic E-state index is -0.287. The molecular formula is C18H17ClN4O2. The summed E-state index contributed by atoms with van der Waals surface area (Å²) in [6.45, 7) is 1.90. The Balaban J connectivity index is 1.87. The molecule has 3 rings (SSSR count). The van der Waals surface area contributed by atoms with Gasteiger partial charge in [-0.2, -0.15) is 0 Å². The van der Waals surface area contributed by atoms with Crippen LogP contribution in [0.1, 0.15) is 18.5 Å². The molecule has 25 heavy (non-hydrogen) atoms. The van der Waals surface area contributed by atoms with Crippen molar-refractivity contribution in [3.8, 4) is 0 Å². The fourth-order valence-corrected chi connectivity index (χ4v) is 2.83. The lowest BCUT2D eigenvalue weighted by Gasteiger charge is -2.26. The highest BCUT2D eigenvalue weighted by molar-refractivity contribution is 6.29. The third kappa shape index (κ3) is 3.49. The van der Waals surface area contributed by atoms with Crippen molar-refractivity contribution in [2.24, 2.45) is 0 Å². The molecular weight excluding hydrogens is 340 g/mol. The summed E-state index contributed by atoms with van der Waals surface area (Å²) >= 11 is 5.84. The maximum absolute atomic E-state index is 12.5. The maximum Gasteiger partial charge on any atom is 0.322 e. The number of halogens is 1. The van der Waals surface area contributed by atoms with Gasteiger partial charge in [-0.1, -0.05) is 29.8 Å². The number of nitrogens with zero attached hydrogens (tertiary/aromatic N) is 2. The van der Waals surface area contributed by atoms with Crippen LogP contribution in [0.4, 0.5) is 10.5 Å². The van der Waals surface area contributed by atoms with Crippen LogP contribution in [0, 0.1) is 0 Å². The zero-order valence-corrected chi connectivity index (χ0v) is 14.5. The summed E-state index contributed by atoms with van der Waals surface area (Å²) in [5.41, 5.74) is 1.28. The first-order valence-corrected chi connectivity index (χ1v) is 8.11. The lowest BCUT2D eigenvalue weighted by Crippen LogP contribution is -2.34. The predicted octanol–water partition coefficient (Wildman–Crippen LogP) is 3.80. The van der Waals surface area contributed by atoms with Gasteiger partial charge in [0, 0.05) is 30.5 Å². The van der Waals surface area contributed by atoms with E-state index in [4.69, 9.17) is 11.6 Å². The number of benzene rings is 1. The molecule has 0 fully saturated rings. The summed E-state index contributed by atoms with van der Waals surface area (Å²) < 4.78 is 0. The van der Waals surface area contributed by atoms with Gasteiger partial charge in [0.25, 0.3) is 5.56 Å². The van der Waals surface area contributed by atoms with Crippen molar-refractivity contribution in [1.82, 2.24) is 14.9 Å². The van der Waals surface area contributed by atoms with E-state index in [1.807, 2.05) is 25.1 Å². The Morgan fingerprint density at radius 1 is 1.28 bits per heavy atom. The monoisotopic (exact) mass is 356 g/mol. The van der Waals surface area contributed by atoms with Crippen molar-refractivity contribution in [2.45, 2.75) is 13.0 Å². The van der Waals surface area contributed by atoms with Crippen LogP contribution in [-0.2, 0) is 0 Å². The molecule has 2 aromatic heterocycles. The first kappa shape index (κ1) is 17.0. The van der Waals surface area contributed by atoms with Crippen molar-refractivity contribution in [3.63, 3.8) is 0 Å². The summed E-state index contributed by atoms with van der Waals surface area (Å²) in [6, 6.07) is 10.0. The highest BCUT2D eigenvalue weighted by Crippen LogP contribution is 2.25. The Labute approximate surface area is 149 Å². The van der Waals surface area contributed by atoms with Gasteiger partial charge in [-0.15, -0.1) is 0 Å². The Kier molecular flexibility index (Phi) is 4.72. The van der Waals surface area contributed by atoms with E-state index in [-0.39, 0.29) is 17.6 Å². The molecule has 0 aliphatic carbocycles. The van der Waals surface area contributed by atoms with Crippen molar-refractivity contribution < 1.29 is 4.79 Å². The van der Waals surface area contributed by atoms with Gasteiger partial charge in [0.05, 0.1) is 6.04 Å². The van der Waals surface area contributed by atoms with Gasteiger partial charge in [0.15, 0.2) is 0 Å². The van der Waals surface area contributed by atoms with E-state index in [0.29, 0.717) is 16.2 Å². The van der Waals surface area contributed by atoms with Crippen molar-refractivity contribution in [2.75, 3.05) is 12.4 Å². The number of pyridine rings is 2. The summed E-state index contributed by atoms with van der Waals surface area (Å²) in [5.74, 6) is 0. The molecule has 0 aliphatic heterocycles. The van der Waals surface area contributed by atoms with E-state index in [0.717, 1.165) is 10.9 Å². The van der Waals surface area contributed by atoms with Gasteiger partial charge in [-0.25, -0.2) is 9.78 Å². The first-order valence-electron chi connectivity index (χ1n) is 7.73. The molecule has 0 spiro atoms. The third-order valence-electron chi connectivity index (χ3n) is 4.17. The molecule has 2 amide bonds. The zero-order chi connectivity index (χ0) is 18.0. The Morgan fingerprint density at radius 3 is 2.72 bits per heavy atom. The number of carbonyl (C=O) groups excluding carboxylic acids is 1. The number of H-pyrrole nitrogens is 1. The van der Waals surface area contributed by atoms with Gasteiger partial charge in [0.1, 0.15) is 5.15 Å². The number of carbonyl (C=O) groups is 1. The quantitative estimate of drug-likeness (QED) is 0.700. The Hall–Kier alpha value is -2.86. The van der Waals surface area contributed by atoms with Gasteiger partial charge in [0.2, 0.25) is 0 Å². The second-order valence-corrected chi connectivity index (χ2v) is 6.09. The molecule has 0 aliphatic rings. The number of rotatable bonds is 3. The van der Waals surface area contributed by atoms with E-state index < -0.39 is 0 Å². The largest absolute Gasteiger partial charge is 0.328 e. The normalized spacial score (nSPS) is 12.0. The van der Waals surface area contributed by atoms with E-state index in [2.05, 4.69) is 15.3 Å². The van der Waals surface area contributed by atoms with E-state index in [1.54, 1.807) is 36.3 Å². The van der Waals surface area contributed by atoms with Crippen LogP contribution in [0.3, 0.4) is 0 Å². The second-order valence-electron chi connectivity index (χ2n) is 5.70. The average Bonchev–Trinajstić information content (AvgIpc) is 2.61. The molecule has 2 heterocycles. The van der Waals surface area contributed by atoms with Crippen LogP contribution in [0.25, 0.3) is 10.8 Å². The minimum absolute atomic E-state index is 0.148. The minimum Gasteiger partial charge on any atom is -0.328 e. The van der Waals surface area contributed by atoms with Crippen molar-refractivity contribution in [1.29, 1.82) is 0 Å². The molecule has 0 saturated carbocycles. The van der Waals surface area contributed by atoms with Crippen LogP contribution >= 0.6 is 11.6 Å². The number of aromatic amines is 1. The molecule has 0 radical (unpaired) electrons. The molecule has 7 heteroatoms. The Bertz CT molecular complexity index is 986. The molecule has 0 unspecified atom stereocenters. The Morgan fingerprint density at radius 2 is 2.00 bits per heavy atom. The number of nitrogens with one attached hydrogen (secondary N) is 2. The fourth-order valence-electron chi connectivity index (χ4n) is 2.65. The molecule has 2 N–H and O–H groups in total. The SMILES string of the molecule is C[C@H](c1c[nH]c(=O)c2ccccc12)N(C)C(=O)Nc1ccnc(Cl)c1. The highest BCUT2D eigenvalue weighted by Gasteiger charge is 2.20. The van der Waals surface area contributed by atoms with Crippen LogP contribution in [0.2, 0.25) is 5.15 Å². The lowest BCUT2D eigenvalue weighted by molar-refractivity contribution is 0.208. The number of anilines is 1. The van der Waals surface area contributed by atoms with Crippen molar-refractivity contribution >= 4 is 34.1 Å². The number of amides is 2. The second kappa shape index (κ2) is 6.94. The summed E-state index contributed by atoms with van der Waals surface area (Å²) in [7, 11) is 1.70. The molecule has 1 atom stereocenters. The van der Waals surface area contributed by atoms with Crippen LogP contribution in [0.15, 0.2) is 53.6 Å². The summed E-state index contributed by atoms with van der Waals surface area (Å²) in [6.07, 6.45) is 3.18. The van der Waals surface area contributed by atoms with E-state index in [1.165, 1.54) is 6.20 Å². The lowest BCUT2D eigenvalue weighted by atomic mass is 10.0. The molecule has 128 valence electrons. The molecule has 0 saturated heterocycles. The number of aromatic nitrogens is 2. The predicted molar refractivity (Wildman–Crippen MR) is 99.0 cm³/mol. The van der Waals surface area contributed by atoms with Crippen LogP contribution in [-0.4, -0.2) is 27.9 Å². The topological polar surface area (TPSA) is 78.1 Å². The molecule has 0 bridgehead atoms. The number of hydrogen-bond donors (Lipinski definition) is 2. The average molecular weight is 357 g/mol. The summed E-state index contributed by atoms with van der Waals surface area (Å²) in [5, 5.41) is 4.51. The van der Waals surface area contributed by atoms with E-state index >= 15 is 0 Å². The highest BCUT2D eigenvalue weighted by atomic mass is 35.5. The summed E-state index contributed by atoms with van der Waals surface area (Å²) in [4.78, 5) is 32.7. The van der Waals surface area contributed by atoms with Crippen LogP contribution < -0.4 is 10.9 Å². The third-order valence-corrected chi connectivity index (χ3v) is 4.38. The zero-order valence-electron chi connectivity index (χ0n) is 13.8. The first-order chi connectivity index (χ1) is 12.0. The van der Waals surface area contributed by atoms with Gasteiger partial charge in [-0.05, 0) is 36.1 Å². The van der Waals surface area contributed by atoms with Gasteiger partial charge >= 0.3 is 6.03 Å². The van der Waals surface area contributed by atoms with E-state index in [9.17, 15) is 9.59 Å². The molecule has 3 aromatic rings. The smallest absolute Gasteiger partial charge is 0.322 e. The molecule has 1 aromatic carbocycles. The number of hydrogen-bond acceptors (Lipinski definition) is 3. The van der Waals surface area contributed by atoms with Gasteiger partial charge < -0.3 is 15.2 Å².